The molecule has 6 heteroatoms. The third-order valence-corrected chi connectivity index (χ3v) is 3.65. The largest absolute Gasteiger partial charge is 0.357 e. The Bertz CT molecular complexity index is 390. The lowest BCUT2D eigenvalue weighted by Crippen LogP contribution is -2.44. The van der Waals surface area contributed by atoms with Crippen LogP contribution in [0.5, 0.6) is 0 Å². The van der Waals surface area contributed by atoms with Crippen LogP contribution in [0.25, 0.3) is 0 Å². The van der Waals surface area contributed by atoms with E-state index in [4.69, 9.17) is 0 Å². The zero-order chi connectivity index (χ0) is 13.5. The monoisotopic (exact) mass is 396 g/mol. The first-order valence-electron chi connectivity index (χ1n) is 6.49. The van der Waals surface area contributed by atoms with E-state index >= 15 is 0 Å². The molecule has 0 aliphatic heterocycles. The van der Waals surface area contributed by atoms with Gasteiger partial charge in [-0.25, -0.2) is 9.98 Å². The maximum atomic E-state index is 4.56. The molecule has 0 radical (unpaired) electrons. The minimum Gasteiger partial charge on any atom is -0.357 e. The van der Waals surface area contributed by atoms with Crippen LogP contribution in [0, 0.1) is 12.8 Å². The molecule has 1 aromatic heterocycles. The highest BCUT2D eigenvalue weighted by Crippen LogP contribution is 2.11. The highest BCUT2D eigenvalue weighted by molar-refractivity contribution is 14.0. The summed E-state index contributed by atoms with van der Waals surface area (Å²) in [4.78, 5) is 10.1. The van der Waals surface area contributed by atoms with Crippen molar-refractivity contribution in [3.8, 4) is 0 Å². The number of aryl methyl sites for hydroxylation is 1. The van der Waals surface area contributed by atoms with E-state index in [1.54, 1.807) is 11.3 Å². The van der Waals surface area contributed by atoms with Crippen LogP contribution in [0.1, 0.15) is 37.6 Å². The summed E-state index contributed by atoms with van der Waals surface area (Å²) in [6.07, 6.45) is 1.90. The van der Waals surface area contributed by atoms with Crippen LogP contribution in [0.15, 0.2) is 11.2 Å². The van der Waals surface area contributed by atoms with Gasteiger partial charge in [0.25, 0.3) is 0 Å². The lowest BCUT2D eigenvalue weighted by molar-refractivity contribution is 0.481. The van der Waals surface area contributed by atoms with Crippen molar-refractivity contribution >= 4 is 41.3 Å². The lowest BCUT2D eigenvalue weighted by atomic mass is 10.1. The van der Waals surface area contributed by atoms with E-state index in [2.05, 4.69) is 55.2 Å². The first-order chi connectivity index (χ1) is 8.52. The summed E-state index contributed by atoms with van der Waals surface area (Å²) in [5.41, 5.74) is 0. The molecule has 0 aliphatic carbocycles. The first-order valence-corrected chi connectivity index (χ1v) is 7.30. The molecule has 0 spiro atoms. The van der Waals surface area contributed by atoms with Crippen molar-refractivity contribution in [3.63, 3.8) is 0 Å². The van der Waals surface area contributed by atoms with Gasteiger partial charge in [0.05, 0.1) is 6.54 Å². The van der Waals surface area contributed by atoms with Gasteiger partial charge in [0, 0.05) is 23.7 Å². The number of nitrogens with one attached hydrogen (secondary N) is 2. The predicted molar refractivity (Wildman–Crippen MR) is 94.5 cm³/mol. The van der Waals surface area contributed by atoms with E-state index in [-0.39, 0.29) is 24.0 Å². The molecule has 0 bridgehead atoms. The molecule has 0 aromatic carbocycles. The fourth-order valence-electron chi connectivity index (χ4n) is 1.32. The normalized spacial score (nSPS) is 13.1. The minimum atomic E-state index is 0. The van der Waals surface area contributed by atoms with Crippen LogP contribution >= 0.6 is 35.3 Å². The van der Waals surface area contributed by atoms with Gasteiger partial charge in [-0.1, -0.05) is 13.8 Å². The molecule has 19 heavy (non-hydrogen) atoms. The van der Waals surface area contributed by atoms with Crippen molar-refractivity contribution in [2.45, 2.75) is 47.2 Å². The third kappa shape index (κ3) is 7.10. The highest BCUT2D eigenvalue weighted by Gasteiger charge is 2.08. The van der Waals surface area contributed by atoms with Gasteiger partial charge in [-0.3, -0.25) is 0 Å². The summed E-state index contributed by atoms with van der Waals surface area (Å²) in [5.74, 6) is 1.45. The molecular formula is C13H25IN4S. The number of halogens is 1. The third-order valence-electron chi connectivity index (χ3n) is 2.75. The van der Waals surface area contributed by atoms with Crippen LogP contribution < -0.4 is 10.6 Å². The fraction of sp³-hybridized carbons (Fsp3) is 0.692. The molecule has 1 rings (SSSR count). The van der Waals surface area contributed by atoms with Gasteiger partial charge >= 0.3 is 0 Å². The van der Waals surface area contributed by atoms with E-state index < -0.39 is 0 Å². The van der Waals surface area contributed by atoms with Crippen LogP contribution in [-0.2, 0) is 6.54 Å². The van der Waals surface area contributed by atoms with Gasteiger partial charge in [0.1, 0.15) is 5.01 Å². The quantitative estimate of drug-likeness (QED) is 0.457. The van der Waals surface area contributed by atoms with Gasteiger partial charge in [0.2, 0.25) is 0 Å². The average molecular weight is 396 g/mol. The molecule has 0 fully saturated rings. The number of nitrogens with zero attached hydrogens (tertiary/aromatic N) is 2. The molecule has 2 N–H and O–H groups in total. The molecule has 1 aromatic rings. The maximum absolute atomic E-state index is 4.56. The van der Waals surface area contributed by atoms with Gasteiger partial charge in [0.15, 0.2) is 5.96 Å². The van der Waals surface area contributed by atoms with E-state index in [0.717, 1.165) is 17.5 Å². The molecular weight excluding hydrogens is 371 g/mol. The molecule has 4 nitrogen and oxygen atoms in total. The van der Waals surface area contributed by atoms with Crippen molar-refractivity contribution < 1.29 is 0 Å². The molecule has 0 saturated heterocycles. The van der Waals surface area contributed by atoms with Crippen molar-refractivity contribution in [3.05, 3.63) is 16.1 Å². The van der Waals surface area contributed by atoms with E-state index in [9.17, 15) is 0 Å². The summed E-state index contributed by atoms with van der Waals surface area (Å²) in [7, 11) is 0. The van der Waals surface area contributed by atoms with Crippen LogP contribution in [0.2, 0.25) is 0 Å². The summed E-state index contributed by atoms with van der Waals surface area (Å²) in [6, 6.07) is 0.404. The average Bonchev–Trinajstić information content (AvgIpc) is 2.72. The number of aromatic nitrogens is 1. The minimum absolute atomic E-state index is 0. The highest BCUT2D eigenvalue weighted by atomic mass is 127. The maximum Gasteiger partial charge on any atom is 0.191 e. The zero-order valence-electron chi connectivity index (χ0n) is 12.4. The number of hydrogen-bond acceptors (Lipinski definition) is 3. The Hall–Kier alpha value is -0.370. The Balaban J connectivity index is 0.00000324. The number of aliphatic imine (C=N–C) groups is 1. The van der Waals surface area contributed by atoms with Crippen LogP contribution in [0.4, 0.5) is 0 Å². The Morgan fingerprint density at radius 2 is 2.11 bits per heavy atom. The predicted octanol–water partition coefficient (Wildman–Crippen LogP) is 3.17. The standard InChI is InChI=1S/C13H24N4S.HI/c1-6-14-13(17-11(5)9(2)3)16-8-12-15-7-10(4)18-12;/h7,9,11H,6,8H2,1-5H3,(H2,14,16,17);1H. The van der Waals surface area contributed by atoms with E-state index in [0.29, 0.717) is 18.5 Å². The smallest absolute Gasteiger partial charge is 0.191 e. The molecule has 0 amide bonds. The van der Waals surface area contributed by atoms with Crippen molar-refractivity contribution in [1.82, 2.24) is 15.6 Å². The SMILES string of the molecule is CCNC(=NCc1ncc(C)s1)NC(C)C(C)C.I. The molecule has 1 atom stereocenters. The number of rotatable bonds is 5. The van der Waals surface area contributed by atoms with Crippen molar-refractivity contribution in [2.24, 2.45) is 10.9 Å². The molecule has 0 saturated carbocycles. The number of hydrogen-bond donors (Lipinski definition) is 2. The fourth-order valence-corrected chi connectivity index (χ4v) is 2.04. The molecule has 0 aliphatic rings. The topological polar surface area (TPSA) is 49.3 Å². The second kappa shape index (κ2) is 9.52. The Kier molecular flexibility index (Phi) is 9.34. The van der Waals surface area contributed by atoms with Gasteiger partial charge in [-0.15, -0.1) is 35.3 Å². The van der Waals surface area contributed by atoms with Gasteiger partial charge in [-0.2, -0.15) is 0 Å². The Morgan fingerprint density at radius 1 is 1.42 bits per heavy atom. The summed E-state index contributed by atoms with van der Waals surface area (Å²) < 4.78 is 0. The van der Waals surface area contributed by atoms with Gasteiger partial charge < -0.3 is 10.6 Å². The molecule has 1 unspecified atom stereocenters. The summed E-state index contributed by atoms with van der Waals surface area (Å²) in [5, 5.41) is 7.73. The van der Waals surface area contributed by atoms with Gasteiger partial charge in [-0.05, 0) is 26.7 Å². The summed E-state index contributed by atoms with van der Waals surface area (Å²) in [6.45, 7) is 12.2. The molecule has 110 valence electrons. The first kappa shape index (κ1) is 18.6. The van der Waals surface area contributed by atoms with E-state index in [1.807, 2.05) is 6.20 Å². The van der Waals surface area contributed by atoms with Crippen LogP contribution in [0.3, 0.4) is 0 Å². The van der Waals surface area contributed by atoms with Crippen molar-refractivity contribution in [2.75, 3.05) is 6.54 Å². The number of thiazole rings is 1. The summed E-state index contributed by atoms with van der Waals surface area (Å²) >= 11 is 1.70. The van der Waals surface area contributed by atoms with E-state index in [1.165, 1.54) is 4.88 Å². The Morgan fingerprint density at radius 3 is 2.58 bits per heavy atom. The second-order valence-electron chi connectivity index (χ2n) is 4.74. The number of guanidine groups is 1. The lowest BCUT2D eigenvalue weighted by Gasteiger charge is -2.20. The zero-order valence-corrected chi connectivity index (χ0v) is 15.5. The van der Waals surface area contributed by atoms with Crippen molar-refractivity contribution in [1.29, 1.82) is 0 Å². The van der Waals surface area contributed by atoms with Crippen LogP contribution in [-0.4, -0.2) is 23.5 Å². The molecule has 1 heterocycles. The Labute approximate surface area is 137 Å². The second-order valence-corrected chi connectivity index (χ2v) is 6.06.